The summed E-state index contributed by atoms with van der Waals surface area (Å²) in [7, 11) is 0. The van der Waals surface area contributed by atoms with Gasteiger partial charge in [0.15, 0.2) is 11.6 Å². The summed E-state index contributed by atoms with van der Waals surface area (Å²) in [6.07, 6.45) is 6.72. The second-order valence-corrected chi connectivity index (χ2v) is 4.78. The summed E-state index contributed by atoms with van der Waals surface area (Å²) in [5.41, 5.74) is 0. The van der Waals surface area contributed by atoms with Gasteiger partial charge in [-0.2, -0.15) is 4.98 Å². The first-order chi connectivity index (χ1) is 8.22. The van der Waals surface area contributed by atoms with Crippen molar-refractivity contribution in [3.05, 3.63) is 17.3 Å². The molecular weight excluding hydrogens is 241 g/mol. The van der Waals surface area contributed by atoms with Crippen LogP contribution >= 0.6 is 11.6 Å². The molecule has 0 radical (unpaired) electrons. The lowest BCUT2D eigenvalue weighted by atomic mass is 9.98. The van der Waals surface area contributed by atoms with Crippen LogP contribution in [0.3, 0.4) is 0 Å². The van der Waals surface area contributed by atoms with E-state index in [-0.39, 0.29) is 11.1 Å². The smallest absolute Gasteiger partial charge is 0.224 e. The van der Waals surface area contributed by atoms with E-state index in [1.54, 1.807) is 0 Å². The molecule has 1 aliphatic heterocycles. The molecule has 1 unspecified atom stereocenters. The van der Waals surface area contributed by atoms with Crippen molar-refractivity contribution in [3.8, 4) is 0 Å². The Morgan fingerprint density at radius 1 is 1.53 bits per heavy atom. The number of rotatable bonds is 3. The third-order valence-electron chi connectivity index (χ3n) is 3.22. The fourth-order valence-electron chi connectivity index (χ4n) is 2.45. The molecule has 1 saturated heterocycles. The molecule has 0 amide bonds. The van der Waals surface area contributed by atoms with E-state index in [0.717, 1.165) is 38.4 Å². The van der Waals surface area contributed by atoms with E-state index < -0.39 is 0 Å². The van der Waals surface area contributed by atoms with Crippen LogP contribution in [0.25, 0.3) is 0 Å². The van der Waals surface area contributed by atoms with Gasteiger partial charge in [0, 0.05) is 12.6 Å². The number of piperidine rings is 1. The molecule has 2 rings (SSSR count). The third kappa shape index (κ3) is 2.86. The zero-order valence-corrected chi connectivity index (χ0v) is 10.8. The third-order valence-corrected chi connectivity index (χ3v) is 3.40. The van der Waals surface area contributed by atoms with Crippen molar-refractivity contribution in [3.63, 3.8) is 0 Å². The molecule has 0 bridgehead atoms. The van der Waals surface area contributed by atoms with Gasteiger partial charge in [-0.25, -0.2) is 9.37 Å². The summed E-state index contributed by atoms with van der Waals surface area (Å²) in [6, 6.07) is 0.384. The largest absolute Gasteiger partial charge is 0.351 e. The van der Waals surface area contributed by atoms with Gasteiger partial charge in [-0.1, -0.05) is 13.3 Å². The maximum absolute atomic E-state index is 13.7. The van der Waals surface area contributed by atoms with E-state index in [0.29, 0.717) is 11.9 Å². The van der Waals surface area contributed by atoms with Gasteiger partial charge in [0.2, 0.25) is 5.28 Å². The summed E-state index contributed by atoms with van der Waals surface area (Å²) in [4.78, 5) is 9.74. The zero-order valence-electron chi connectivity index (χ0n) is 9.99. The standard InChI is InChI=1S/C12H17ClFN3/c1-2-5-9-6-3-4-7-17(9)11-10(14)8-15-12(13)16-11/h8-9H,2-7H2,1H3. The lowest BCUT2D eigenvalue weighted by Gasteiger charge is -2.36. The Morgan fingerprint density at radius 2 is 2.35 bits per heavy atom. The molecule has 1 fully saturated rings. The van der Waals surface area contributed by atoms with Crippen molar-refractivity contribution in [1.82, 2.24) is 9.97 Å². The van der Waals surface area contributed by atoms with Gasteiger partial charge in [-0.15, -0.1) is 0 Å². The molecule has 0 N–H and O–H groups in total. The van der Waals surface area contributed by atoms with Crippen LogP contribution < -0.4 is 4.90 Å². The molecule has 0 aliphatic carbocycles. The van der Waals surface area contributed by atoms with Crippen LogP contribution in [-0.2, 0) is 0 Å². The second kappa shape index (κ2) is 5.63. The van der Waals surface area contributed by atoms with E-state index in [1.165, 1.54) is 6.42 Å². The van der Waals surface area contributed by atoms with Crippen molar-refractivity contribution >= 4 is 17.4 Å². The summed E-state index contributed by atoms with van der Waals surface area (Å²) in [5, 5.41) is 0.113. The van der Waals surface area contributed by atoms with Crippen LogP contribution in [0.5, 0.6) is 0 Å². The number of aromatic nitrogens is 2. The molecule has 17 heavy (non-hydrogen) atoms. The molecule has 0 aromatic carbocycles. The SMILES string of the molecule is CCCC1CCCCN1c1nc(Cl)ncc1F. The van der Waals surface area contributed by atoms with Crippen molar-refractivity contribution in [1.29, 1.82) is 0 Å². The second-order valence-electron chi connectivity index (χ2n) is 4.44. The van der Waals surface area contributed by atoms with Gasteiger partial charge in [0.25, 0.3) is 0 Å². The zero-order chi connectivity index (χ0) is 12.3. The van der Waals surface area contributed by atoms with Crippen LogP contribution in [0.4, 0.5) is 10.2 Å². The Bertz CT molecular complexity index is 384. The first kappa shape index (κ1) is 12.6. The first-order valence-electron chi connectivity index (χ1n) is 6.17. The minimum atomic E-state index is -0.377. The van der Waals surface area contributed by atoms with Gasteiger partial charge in [0.05, 0.1) is 6.20 Å². The summed E-state index contributed by atoms with van der Waals surface area (Å²) >= 11 is 5.75. The Balaban J connectivity index is 2.25. The van der Waals surface area contributed by atoms with Gasteiger partial charge >= 0.3 is 0 Å². The van der Waals surface area contributed by atoms with Crippen molar-refractivity contribution < 1.29 is 4.39 Å². The van der Waals surface area contributed by atoms with Gasteiger partial charge in [-0.3, -0.25) is 0 Å². The highest BCUT2D eigenvalue weighted by atomic mass is 35.5. The lowest BCUT2D eigenvalue weighted by molar-refractivity contribution is 0.424. The van der Waals surface area contributed by atoms with E-state index in [9.17, 15) is 4.39 Å². The summed E-state index contributed by atoms with van der Waals surface area (Å²) < 4.78 is 13.7. The molecule has 1 aliphatic rings. The first-order valence-corrected chi connectivity index (χ1v) is 6.55. The van der Waals surface area contributed by atoms with Crippen molar-refractivity contribution in [2.24, 2.45) is 0 Å². The monoisotopic (exact) mass is 257 g/mol. The van der Waals surface area contributed by atoms with Gasteiger partial charge in [-0.05, 0) is 37.3 Å². The average Bonchev–Trinajstić information content (AvgIpc) is 2.34. The fourth-order valence-corrected chi connectivity index (χ4v) is 2.58. The molecule has 5 heteroatoms. The maximum atomic E-state index is 13.7. The van der Waals surface area contributed by atoms with Crippen molar-refractivity contribution in [2.45, 2.75) is 45.1 Å². The van der Waals surface area contributed by atoms with E-state index in [1.807, 2.05) is 0 Å². The summed E-state index contributed by atoms with van der Waals surface area (Å²) in [5.74, 6) is -0.0134. The normalized spacial score (nSPS) is 20.6. The van der Waals surface area contributed by atoms with E-state index >= 15 is 0 Å². The van der Waals surface area contributed by atoms with Crippen LogP contribution in [-0.4, -0.2) is 22.6 Å². The molecule has 3 nitrogen and oxygen atoms in total. The number of nitrogens with zero attached hydrogens (tertiary/aromatic N) is 3. The maximum Gasteiger partial charge on any atom is 0.224 e. The molecule has 94 valence electrons. The van der Waals surface area contributed by atoms with Crippen LogP contribution in [0, 0.1) is 5.82 Å². The predicted molar refractivity (Wildman–Crippen MR) is 66.9 cm³/mol. The Morgan fingerprint density at radius 3 is 3.12 bits per heavy atom. The molecule has 1 aromatic rings. The highest BCUT2D eigenvalue weighted by Gasteiger charge is 2.25. The minimum absolute atomic E-state index is 0.113. The number of hydrogen-bond donors (Lipinski definition) is 0. The van der Waals surface area contributed by atoms with Gasteiger partial charge in [0.1, 0.15) is 0 Å². The summed E-state index contributed by atoms with van der Waals surface area (Å²) in [6.45, 7) is 3.00. The van der Waals surface area contributed by atoms with Crippen LogP contribution in [0.2, 0.25) is 5.28 Å². The topological polar surface area (TPSA) is 29.0 Å². The Kier molecular flexibility index (Phi) is 4.15. The fraction of sp³-hybridized carbons (Fsp3) is 0.667. The molecular formula is C12H17ClFN3. The Hall–Kier alpha value is -0.900. The lowest BCUT2D eigenvalue weighted by Crippen LogP contribution is -2.40. The van der Waals surface area contributed by atoms with Gasteiger partial charge < -0.3 is 4.90 Å². The minimum Gasteiger partial charge on any atom is -0.351 e. The number of anilines is 1. The van der Waals surface area contributed by atoms with Crippen LogP contribution in [0.15, 0.2) is 6.20 Å². The molecule has 1 atom stereocenters. The molecule has 1 aromatic heterocycles. The van der Waals surface area contributed by atoms with E-state index in [4.69, 9.17) is 11.6 Å². The van der Waals surface area contributed by atoms with Crippen LogP contribution in [0.1, 0.15) is 39.0 Å². The molecule has 2 heterocycles. The Labute approximate surface area is 106 Å². The number of halogens is 2. The van der Waals surface area contributed by atoms with Crippen molar-refractivity contribution in [2.75, 3.05) is 11.4 Å². The highest BCUT2D eigenvalue weighted by molar-refractivity contribution is 6.28. The number of hydrogen-bond acceptors (Lipinski definition) is 3. The highest BCUT2D eigenvalue weighted by Crippen LogP contribution is 2.28. The quantitative estimate of drug-likeness (QED) is 0.777. The predicted octanol–water partition coefficient (Wildman–Crippen LogP) is 3.43. The van der Waals surface area contributed by atoms with E-state index in [2.05, 4.69) is 21.8 Å². The average molecular weight is 258 g/mol. The molecule has 0 spiro atoms. The molecule has 0 saturated carbocycles.